The third-order valence-corrected chi connectivity index (χ3v) is 6.21. The predicted molar refractivity (Wildman–Crippen MR) is 119 cm³/mol. The van der Waals surface area contributed by atoms with Crippen LogP contribution in [-0.2, 0) is 0 Å². The van der Waals surface area contributed by atoms with Crippen LogP contribution in [0.5, 0.6) is 0 Å². The number of hydrogen-bond donors (Lipinski definition) is 4. The van der Waals surface area contributed by atoms with Crippen molar-refractivity contribution in [1.82, 2.24) is 0 Å². The molecule has 1 aliphatic carbocycles. The van der Waals surface area contributed by atoms with Crippen LogP contribution in [0, 0.1) is 21.7 Å². The number of nitrogens with zero attached hydrogens (tertiary/aromatic N) is 3. The van der Waals surface area contributed by atoms with Gasteiger partial charge in [-0.1, -0.05) is 32.8 Å². The third kappa shape index (κ3) is 6.79. The summed E-state index contributed by atoms with van der Waals surface area (Å²) in [6.45, 7) is 3.83. The number of rotatable bonds is 8. The number of hydrogen-bond acceptors (Lipinski definition) is 9. The maximum Gasteiger partial charge on any atom is 0.426 e. The van der Waals surface area contributed by atoms with E-state index in [1.165, 1.54) is 6.08 Å². The summed E-state index contributed by atoms with van der Waals surface area (Å²) in [5.74, 6) is -0.193. The number of hydrazone groups is 1. The van der Waals surface area contributed by atoms with E-state index in [0.29, 0.717) is 12.5 Å². The molecule has 1 saturated carbocycles. The van der Waals surface area contributed by atoms with Crippen LogP contribution in [0.15, 0.2) is 35.5 Å². The van der Waals surface area contributed by atoms with E-state index in [1.807, 2.05) is 13.8 Å². The van der Waals surface area contributed by atoms with Gasteiger partial charge in [0, 0.05) is 12.1 Å². The van der Waals surface area contributed by atoms with Crippen LogP contribution in [0.3, 0.4) is 0 Å². The first kappa shape index (κ1) is 29.6. The zero-order chi connectivity index (χ0) is 27.5. The van der Waals surface area contributed by atoms with Crippen LogP contribution in [0.1, 0.15) is 46.0 Å². The average molecular weight is 528 g/mol. The maximum atomic E-state index is 13.3. The largest absolute Gasteiger partial charge is 0.769 e. The number of aliphatic hydroxyl groups is 1. The molecular weight excluding hydrogens is 502 g/mol. The number of nitrogens with one attached hydrogen (secondary N) is 1. The van der Waals surface area contributed by atoms with E-state index in [1.54, 1.807) is 0 Å². The maximum absolute atomic E-state index is 13.3. The topological polar surface area (TPSA) is 138 Å². The molecule has 1 atom stereocenters. The lowest BCUT2D eigenvalue weighted by Gasteiger charge is -2.38. The molecule has 204 valence electrons. The van der Waals surface area contributed by atoms with Crippen molar-refractivity contribution in [2.24, 2.45) is 16.4 Å². The van der Waals surface area contributed by atoms with Crippen LogP contribution >= 0.6 is 0 Å². The molecule has 2 rings (SSSR count). The third-order valence-electron chi connectivity index (χ3n) is 6.21. The molecule has 0 spiro atoms. The van der Waals surface area contributed by atoms with Crippen molar-refractivity contribution >= 4 is 22.8 Å². The molecule has 1 aromatic rings. The molecule has 4 N–H and O–H groups in total. The number of allylic oxidation sites excluding steroid dienone is 2. The minimum absolute atomic E-state index is 0.193. The molecule has 0 aromatic heterocycles. The highest BCUT2D eigenvalue weighted by atomic mass is 19.4. The lowest BCUT2D eigenvalue weighted by molar-refractivity contribution is -0.365. The molecule has 0 bridgehead atoms. The lowest BCUT2D eigenvalue weighted by atomic mass is 9.69. The number of alkyl halides is 6. The molecule has 1 aromatic carbocycles. The summed E-state index contributed by atoms with van der Waals surface area (Å²) in [5, 5.41) is 52.3. The van der Waals surface area contributed by atoms with Crippen molar-refractivity contribution in [3.63, 3.8) is 0 Å². The Hall–Kier alpha value is -2.59. The van der Waals surface area contributed by atoms with Crippen LogP contribution in [-0.4, -0.2) is 39.2 Å². The lowest BCUT2D eigenvalue weighted by Crippen LogP contribution is -2.57. The highest BCUT2D eigenvalue weighted by Gasteiger charge is 2.70. The van der Waals surface area contributed by atoms with Gasteiger partial charge in [-0.2, -0.15) is 31.4 Å². The average Bonchev–Trinajstić information content (AvgIpc) is 2.74. The van der Waals surface area contributed by atoms with E-state index in [4.69, 9.17) is 0 Å². The van der Waals surface area contributed by atoms with Gasteiger partial charge in [-0.05, 0) is 48.4 Å². The minimum Gasteiger partial charge on any atom is -0.769 e. The Morgan fingerprint density at radius 3 is 2.25 bits per heavy atom. The molecule has 1 unspecified atom stereocenters. The van der Waals surface area contributed by atoms with Crippen molar-refractivity contribution in [3.8, 4) is 0 Å². The summed E-state index contributed by atoms with van der Waals surface area (Å²) >= 11 is 0. The molecule has 9 nitrogen and oxygen atoms in total. The first-order valence-electron chi connectivity index (χ1n) is 10.7. The molecule has 0 heterocycles. The Morgan fingerprint density at radius 2 is 1.75 bits per heavy atom. The van der Waals surface area contributed by atoms with Gasteiger partial charge in [-0.3, -0.25) is 15.8 Å². The predicted octanol–water partition coefficient (Wildman–Crippen LogP) is 5.86. The summed E-state index contributed by atoms with van der Waals surface area (Å²) in [6, 6.07) is 2.49. The Morgan fingerprint density at radius 1 is 1.14 bits per heavy atom. The number of halogens is 6. The zero-order valence-corrected chi connectivity index (χ0v) is 19.3. The summed E-state index contributed by atoms with van der Waals surface area (Å²) in [4.78, 5) is 0. The first-order chi connectivity index (χ1) is 16.4. The number of anilines is 3. The van der Waals surface area contributed by atoms with E-state index in [2.05, 4.69) is 10.5 Å². The van der Waals surface area contributed by atoms with E-state index < -0.39 is 57.6 Å². The Balaban J connectivity index is 2.51. The van der Waals surface area contributed by atoms with Gasteiger partial charge in [0.15, 0.2) is 0 Å². The molecule has 0 radical (unpaired) electrons. The Kier molecular flexibility index (Phi) is 8.89. The van der Waals surface area contributed by atoms with Crippen molar-refractivity contribution in [1.29, 1.82) is 0 Å². The summed E-state index contributed by atoms with van der Waals surface area (Å²) < 4.78 is 80.0. The molecule has 0 saturated heterocycles. The van der Waals surface area contributed by atoms with Crippen molar-refractivity contribution in [3.05, 3.63) is 40.8 Å². The molecule has 0 aliphatic heterocycles. The van der Waals surface area contributed by atoms with Gasteiger partial charge in [0.05, 0.1) is 11.4 Å². The van der Waals surface area contributed by atoms with E-state index in [0.717, 1.165) is 37.5 Å². The van der Waals surface area contributed by atoms with Gasteiger partial charge in [0.25, 0.3) is 5.60 Å². The van der Waals surface area contributed by atoms with Crippen LogP contribution in [0.4, 0.5) is 43.4 Å². The second-order valence-electron chi connectivity index (χ2n) is 9.20. The highest BCUT2D eigenvalue weighted by molar-refractivity contribution is 5.96. The van der Waals surface area contributed by atoms with E-state index >= 15 is 0 Å². The van der Waals surface area contributed by atoms with Gasteiger partial charge in [-0.15, -0.1) is 5.23 Å². The van der Waals surface area contributed by atoms with Gasteiger partial charge in [0.2, 0.25) is 0 Å². The van der Waals surface area contributed by atoms with Gasteiger partial charge < -0.3 is 20.7 Å². The fourth-order valence-corrected chi connectivity index (χ4v) is 3.89. The Bertz CT molecular complexity index is 949. The van der Waals surface area contributed by atoms with Gasteiger partial charge in [-0.25, -0.2) is 0 Å². The monoisotopic (exact) mass is 528 g/mol. The van der Waals surface area contributed by atoms with Crippen molar-refractivity contribution < 1.29 is 41.9 Å². The van der Waals surface area contributed by atoms with Gasteiger partial charge in [0.1, 0.15) is 5.69 Å². The molecular formula is C21H26F6N4O5-2. The molecule has 15 heteroatoms. The summed E-state index contributed by atoms with van der Waals surface area (Å²) in [5.41, 5.74) is -5.79. The summed E-state index contributed by atoms with van der Waals surface area (Å²) in [6.07, 6.45) is -8.62. The van der Waals surface area contributed by atoms with Crippen LogP contribution in [0.2, 0.25) is 0 Å². The zero-order valence-electron chi connectivity index (χ0n) is 19.3. The molecule has 1 fully saturated rings. The molecule has 36 heavy (non-hydrogen) atoms. The smallest absolute Gasteiger partial charge is 0.426 e. The minimum atomic E-state index is -6.09. The fourth-order valence-electron chi connectivity index (χ4n) is 3.89. The molecule has 0 amide bonds. The fraction of sp³-hybridized carbons (Fsp3) is 0.571. The van der Waals surface area contributed by atoms with Crippen LogP contribution < -0.4 is 15.9 Å². The first-order valence-corrected chi connectivity index (χ1v) is 10.7. The van der Waals surface area contributed by atoms with Gasteiger partial charge >= 0.3 is 12.4 Å². The van der Waals surface area contributed by atoms with Crippen molar-refractivity contribution in [2.75, 3.05) is 15.9 Å². The van der Waals surface area contributed by atoms with E-state index in [9.17, 15) is 52.3 Å². The second kappa shape index (κ2) is 10.8. The highest BCUT2D eigenvalue weighted by Crippen LogP contribution is 2.46. The summed E-state index contributed by atoms with van der Waals surface area (Å²) in [7, 11) is 0. The number of benzene rings is 1. The Labute approximate surface area is 202 Å². The normalized spacial score (nSPS) is 19.5. The molecule has 1 aliphatic rings. The van der Waals surface area contributed by atoms with Crippen LogP contribution in [0.25, 0.3) is 0 Å². The standard InChI is InChI=1S/C21H26F6N4O5/c1-18(2)10-4-3-5-13(18)6-7-14(12-19(32,20(22,23)24)21(25,26)27)28-29-16-9-8-15(30(33)34)11-17(16)31(35)36/h6-9,11,13,29,32,35-36H,3-5,10,12H2,1-2H3/q-2/b7-6+,28-14-. The quantitative estimate of drug-likeness (QED) is 0.187. The second-order valence-corrected chi connectivity index (χ2v) is 9.20. The van der Waals surface area contributed by atoms with E-state index in [-0.39, 0.29) is 11.3 Å². The SMILES string of the molecule is CC1(C)CCCCC1/C=C/C(CC(O)(C(F)(F)F)C(F)(F)F)=N/Nc1ccc(N([O-])[O-])cc1N(O)O. The van der Waals surface area contributed by atoms with Crippen molar-refractivity contribution in [2.45, 2.75) is 63.9 Å².